The monoisotopic (exact) mass is 717 g/mol. The molecule has 0 aliphatic heterocycles. The molecule has 0 atom stereocenters. The van der Waals surface area contributed by atoms with E-state index in [0.29, 0.717) is 6.54 Å². The maximum Gasteiger partial charge on any atom is 0.165 e. The average Bonchev–Trinajstić information content (AvgIpc) is 3.65. The highest BCUT2D eigenvalue weighted by Gasteiger charge is 2.16. The molecule has 5 heteroatoms. The minimum Gasteiger partial charge on any atom is -0.284 e. The normalized spacial score (nSPS) is 12.3. The number of nitrogens with zero attached hydrogens (tertiary/aromatic N) is 5. The molecule has 0 amide bonds. The molecule has 0 radical (unpaired) electrons. The first kappa shape index (κ1) is 33.1. The van der Waals surface area contributed by atoms with Gasteiger partial charge in [-0.25, -0.2) is 9.97 Å². The molecule has 5 nitrogen and oxygen atoms in total. The van der Waals surface area contributed by atoms with E-state index in [0.717, 1.165) is 88.8 Å². The molecular weight excluding hydrogens is 683 g/mol. The molecule has 0 fully saturated rings. The summed E-state index contributed by atoms with van der Waals surface area (Å²) in [7, 11) is 0. The predicted octanol–water partition coefficient (Wildman–Crippen LogP) is 12.4. The number of aromatic nitrogens is 3. The number of allylic oxidation sites excluding steroid dienone is 1. The Labute approximate surface area is 324 Å². The lowest BCUT2D eigenvalue weighted by Gasteiger charge is -2.11. The Morgan fingerprint density at radius 1 is 0.554 bits per heavy atom. The second kappa shape index (κ2) is 14.0. The van der Waals surface area contributed by atoms with Gasteiger partial charge in [0.15, 0.2) is 5.65 Å². The number of hydrogen-bond donors (Lipinski definition) is 0. The SMILES string of the molecule is C=N/C(=C\C(=NCc1cccc(-c2cccc(-c3nc4c(nc5ccccn54)c4ccccc34)c2)c1)c1ccc2ccccc2c1)c1ccc2ccccc2c1. The molecule has 0 aliphatic rings. The van der Waals surface area contributed by atoms with Crippen LogP contribution >= 0.6 is 0 Å². The molecule has 264 valence electrons. The third-order valence-electron chi connectivity index (χ3n) is 10.5. The maximum absolute atomic E-state index is 5.26. The van der Waals surface area contributed by atoms with Gasteiger partial charge >= 0.3 is 0 Å². The van der Waals surface area contributed by atoms with Gasteiger partial charge < -0.3 is 0 Å². The van der Waals surface area contributed by atoms with Gasteiger partial charge in [0.1, 0.15) is 11.2 Å². The van der Waals surface area contributed by atoms with Crippen LogP contribution < -0.4 is 0 Å². The summed E-state index contributed by atoms with van der Waals surface area (Å²) in [5.74, 6) is 0. The Bertz CT molecular complexity index is 3200. The molecule has 0 bridgehead atoms. The molecule has 3 aromatic heterocycles. The zero-order chi connectivity index (χ0) is 37.4. The number of fused-ring (bicyclic) bond motifs is 7. The van der Waals surface area contributed by atoms with Gasteiger partial charge in [-0.15, -0.1) is 0 Å². The van der Waals surface area contributed by atoms with Gasteiger partial charge in [0.2, 0.25) is 0 Å². The van der Waals surface area contributed by atoms with Gasteiger partial charge in [0.25, 0.3) is 0 Å². The zero-order valence-electron chi connectivity index (χ0n) is 30.5. The number of hydrogen-bond acceptors (Lipinski definition) is 4. The van der Waals surface area contributed by atoms with Crippen molar-refractivity contribution in [2.24, 2.45) is 9.98 Å². The fraction of sp³-hybridized carbons (Fsp3) is 0.0196. The Balaban J connectivity index is 1.03. The molecule has 0 unspecified atom stereocenters. The smallest absolute Gasteiger partial charge is 0.165 e. The van der Waals surface area contributed by atoms with Crippen LogP contribution in [0.3, 0.4) is 0 Å². The lowest BCUT2D eigenvalue weighted by Crippen LogP contribution is -2.00. The van der Waals surface area contributed by atoms with E-state index < -0.39 is 0 Å². The summed E-state index contributed by atoms with van der Waals surface area (Å²) in [5.41, 5.74) is 11.6. The van der Waals surface area contributed by atoms with Crippen molar-refractivity contribution < 1.29 is 0 Å². The summed E-state index contributed by atoms with van der Waals surface area (Å²) in [4.78, 5) is 19.9. The second-order valence-electron chi connectivity index (χ2n) is 14.0. The minimum absolute atomic E-state index is 0.492. The molecule has 7 aromatic carbocycles. The molecule has 10 aromatic rings. The van der Waals surface area contributed by atoms with Crippen molar-refractivity contribution in [2.45, 2.75) is 6.54 Å². The summed E-state index contributed by atoms with van der Waals surface area (Å²) in [5, 5.41) is 6.86. The van der Waals surface area contributed by atoms with E-state index in [2.05, 4.69) is 180 Å². The van der Waals surface area contributed by atoms with Crippen molar-refractivity contribution in [3.63, 3.8) is 0 Å². The van der Waals surface area contributed by atoms with Crippen LogP contribution in [0, 0.1) is 0 Å². The van der Waals surface area contributed by atoms with Crippen molar-refractivity contribution >= 4 is 67.3 Å². The van der Waals surface area contributed by atoms with Gasteiger partial charge in [0, 0.05) is 33.7 Å². The van der Waals surface area contributed by atoms with Crippen LogP contribution in [0.25, 0.3) is 77.2 Å². The van der Waals surface area contributed by atoms with Crippen molar-refractivity contribution in [3.8, 4) is 22.4 Å². The van der Waals surface area contributed by atoms with Crippen molar-refractivity contribution in [1.82, 2.24) is 14.4 Å². The quantitative estimate of drug-likeness (QED) is 0.147. The molecule has 0 N–H and O–H groups in total. The highest BCUT2D eigenvalue weighted by atomic mass is 15.1. The number of aliphatic imine (C=N–C) groups is 2. The molecular formula is C51H35N5. The molecule has 56 heavy (non-hydrogen) atoms. The molecule has 0 aliphatic carbocycles. The van der Waals surface area contributed by atoms with E-state index in [9.17, 15) is 0 Å². The van der Waals surface area contributed by atoms with E-state index in [4.69, 9.17) is 15.0 Å². The zero-order valence-corrected chi connectivity index (χ0v) is 30.5. The first-order valence-corrected chi connectivity index (χ1v) is 18.7. The third kappa shape index (κ3) is 6.11. The van der Waals surface area contributed by atoms with Crippen LogP contribution in [-0.4, -0.2) is 26.8 Å². The molecule has 0 saturated carbocycles. The van der Waals surface area contributed by atoms with Gasteiger partial charge in [-0.2, -0.15) is 0 Å². The lowest BCUT2D eigenvalue weighted by molar-refractivity contribution is 1.07. The predicted molar refractivity (Wildman–Crippen MR) is 235 cm³/mol. The standard InChI is InChI=1S/C51H35N5/c1-52-46(41-25-23-35-13-2-4-15-38(35)29-41)32-47(42-26-24-36-14-3-5-16-39(36)30-42)53-33-34-12-10-17-37(28-34)40-18-11-19-43(31-40)49-44-20-6-7-21-45(44)50-51(55-49)56-27-9-8-22-48(56)54-50/h2-32H,1,33H2/b46-32-,53-47?. The van der Waals surface area contributed by atoms with Crippen LogP contribution in [0.5, 0.6) is 0 Å². The van der Waals surface area contributed by atoms with Crippen molar-refractivity contribution in [3.05, 3.63) is 205 Å². The number of rotatable bonds is 8. The van der Waals surface area contributed by atoms with Crippen molar-refractivity contribution in [1.29, 1.82) is 0 Å². The molecule has 10 rings (SSSR count). The molecule has 0 saturated heterocycles. The van der Waals surface area contributed by atoms with Crippen LogP contribution in [-0.2, 0) is 6.54 Å². The molecule has 0 spiro atoms. The number of imidazole rings is 1. The van der Waals surface area contributed by atoms with E-state index in [1.807, 2.05) is 24.4 Å². The Kier molecular flexibility index (Phi) is 8.30. The van der Waals surface area contributed by atoms with E-state index in [1.54, 1.807) is 0 Å². The largest absolute Gasteiger partial charge is 0.284 e. The average molecular weight is 718 g/mol. The Morgan fingerprint density at radius 2 is 1.20 bits per heavy atom. The first-order chi connectivity index (χ1) is 27.7. The summed E-state index contributed by atoms with van der Waals surface area (Å²) in [6.45, 7) is 4.46. The van der Waals surface area contributed by atoms with Crippen LogP contribution in [0.15, 0.2) is 198 Å². The maximum atomic E-state index is 5.26. The number of benzene rings is 7. The van der Waals surface area contributed by atoms with Crippen LogP contribution in [0.1, 0.15) is 16.7 Å². The van der Waals surface area contributed by atoms with E-state index in [1.165, 1.54) is 10.8 Å². The van der Waals surface area contributed by atoms with Crippen molar-refractivity contribution in [2.75, 3.05) is 0 Å². The van der Waals surface area contributed by atoms with Crippen LogP contribution in [0.4, 0.5) is 0 Å². The first-order valence-electron chi connectivity index (χ1n) is 18.7. The third-order valence-corrected chi connectivity index (χ3v) is 10.5. The highest BCUT2D eigenvalue weighted by Crippen LogP contribution is 2.35. The highest BCUT2D eigenvalue weighted by molar-refractivity contribution is 6.14. The fourth-order valence-electron chi connectivity index (χ4n) is 7.69. The summed E-state index contributed by atoms with van der Waals surface area (Å²) in [6, 6.07) is 61.5. The van der Waals surface area contributed by atoms with Gasteiger partial charge in [-0.1, -0.05) is 140 Å². The van der Waals surface area contributed by atoms with Gasteiger partial charge in [-0.3, -0.25) is 14.4 Å². The fourth-order valence-corrected chi connectivity index (χ4v) is 7.69. The summed E-state index contributed by atoms with van der Waals surface area (Å²) < 4.78 is 2.07. The van der Waals surface area contributed by atoms with Gasteiger partial charge in [-0.05, 0) is 87.4 Å². The Hall–Kier alpha value is -7.50. The van der Waals surface area contributed by atoms with Crippen LogP contribution in [0.2, 0.25) is 0 Å². The number of pyridine rings is 2. The minimum atomic E-state index is 0.492. The van der Waals surface area contributed by atoms with E-state index in [-0.39, 0.29) is 0 Å². The second-order valence-corrected chi connectivity index (χ2v) is 14.0. The van der Waals surface area contributed by atoms with Gasteiger partial charge in [0.05, 0.1) is 23.6 Å². The lowest BCUT2D eigenvalue weighted by atomic mass is 9.97. The Morgan fingerprint density at radius 3 is 1.98 bits per heavy atom. The topological polar surface area (TPSA) is 54.9 Å². The van der Waals surface area contributed by atoms with E-state index >= 15 is 0 Å². The summed E-state index contributed by atoms with van der Waals surface area (Å²) >= 11 is 0. The summed E-state index contributed by atoms with van der Waals surface area (Å²) in [6.07, 6.45) is 4.09. The molecule has 3 heterocycles.